The number of rotatable bonds is 8. The van der Waals surface area contributed by atoms with Crippen LogP contribution in [0.15, 0.2) is 18.3 Å². The summed E-state index contributed by atoms with van der Waals surface area (Å²) in [6.45, 7) is 4.06. The summed E-state index contributed by atoms with van der Waals surface area (Å²) < 4.78 is 0. The van der Waals surface area contributed by atoms with Gasteiger partial charge < -0.3 is 5.32 Å². The quantitative estimate of drug-likeness (QED) is 0.783. The Hall–Kier alpha value is -0.580. The summed E-state index contributed by atoms with van der Waals surface area (Å²) in [5.74, 6) is 1.19. The lowest BCUT2D eigenvalue weighted by molar-refractivity contribution is 0.245. The van der Waals surface area contributed by atoms with Gasteiger partial charge in [-0.2, -0.15) is 11.8 Å². The Morgan fingerprint density at radius 1 is 1.44 bits per heavy atom. The van der Waals surface area contributed by atoms with Crippen LogP contribution in [0.25, 0.3) is 0 Å². The molecule has 0 aromatic carbocycles. The standard InChI is InChI=1S/C14H25N3S/c1-5-14(11-18-4)17(3)10-13-7-6-12(8-15-2)9-16-13/h6-7,9,14-15H,5,8,10-11H2,1-4H3. The van der Waals surface area contributed by atoms with E-state index in [0.717, 1.165) is 18.8 Å². The molecule has 1 aromatic rings. The highest BCUT2D eigenvalue weighted by molar-refractivity contribution is 7.98. The van der Waals surface area contributed by atoms with Gasteiger partial charge in [-0.05, 0) is 38.4 Å². The molecule has 0 bridgehead atoms. The van der Waals surface area contributed by atoms with Crippen molar-refractivity contribution in [1.29, 1.82) is 0 Å². The molecule has 0 aliphatic carbocycles. The summed E-state index contributed by atoms with van der Waals surface area (Å²) in [6.07, 6.45) is 5.33. The molecular formula is C14H25N3S. The van der Waals surface area contributed by atoms with Crippen LogP contribution < -0.4 is 5.32 Å². The van der Waals surface area contributed by atoms with E-state index >= 15 is 0 Å². The molecule has 3 nitrogen and oxygen atoms in total. The lowest BCUT2D eigenvalue weighted by atomic mass is 10.2. The Bertz CT molecular complexity index is 326. The smallest absolute Gasteiger partial charge is 0.0544 e. The van der Waals surface area contributed by atoms with Crippen molar-refractivity contribution in [2.24, 2.45) is 0 Å². The maximum absolute atomic E-state index is 4.53. The third kappa shape index (κ3) is 4.96. The molecule has 1 rings (SSSR count). The van der Waals surface area contributed by atoms with Crippen molar-refractivity contribution in [3.63, 3.8) is 0 Å². The molecule has 1 atom stereocenters. The van der Waals surface area contributed by atoms with Gasteiger partial charge in [-0.3, -0.25) is 9.88 Å². The molecule has 0 spiro atoms. The fourth-order valence-corrected chi connectivity index (χ4v) is 2.87. The van der Waals surface area contributed by atoms with E-state index in [4.69, 9.17) is 0 Å². The molecule has 18 heavy (non-hydrogen) atoms. The van der Waals surface area contributed by atoms with Crippen molar-refractivity contribution >= 4 is 11.8 Å². The highest BCUT2D eigenvalue weighted by atomic mass is 32.2. The Balaban J connectivity index is 2.55. The summed E-state index contributed by atoms with van der Waals surface area (Å²) >= 11 is 1.91. The average Bonchev–Trinajstić information content (AvgIpc) is 2.38. The van der Waals surface area contributed by atoms with Crippen LogP contribution in [0, 0.1) is 0 Å². The van der Waals surface area contributed by atoms with E-state index < -0.39 is 0 Å². The normalized spacial score (nSPS) is 12.9. The maximum Gasteiger partial charge on any atom is 0.0544 e. The molecule has 1 N–H and O–H groups in total. The molecule has 0 saturated heterocycles. The van der Waals surface area contributed by atoms with Gasteiger partial charge in [0, 0.05) is 31.1 Å². The second-order valence-corrected chi connectivity index (χ2v) is 5.53. The third-order valence-corrected chi connectivity index (χ3v) is 3.85. The Morgan fingerprint density at radius 2 is 2.22 bits per heavy atom. The van der Waals surface area contributed by atoms with Crippen LogP contribution in [0.3, 0.4) is 0 Å². The molecule has 1 heterocycles. The first-order valence-electron chi connectivity index (χ1n) is 6.48. The van der Waals surface area contributed by atoms with Crippen LogP contribution in [-0.2, 0) is 13.1 Å². The van der Waals surface area contributed by atoms with E-state index in [-0.39, 0.29) is 0 Å². The maximum atomic E-state index is 4.53. The minimum atomic E-state index is 0.638. The van der Waals surface area contributed by atoms with E-state index in [2.05, 4.69) is 47.6 Å². The average molecular weight is 267 g/mol. The van der Waals surface area contributed by atoms with Crippen molar-refractivity contribution in [3.8, 4) is 0 Å². The van der Waals surface area contributed by atoms with Crippen LogP contribution in [-0.4, -0.2) is 42.0 Å². The van der Waals surface area contributed by atoms with Gasteiger partial charge in [-0.25, -0.2) is 0 Å². The third-order valence-electron chi connectivity index (χ3n) is 3.13. The van der Waals surface area contributed by atoms with Crippen LogP contribution >= 0.6 is 11.8 Å². The Labute approximate surface area is 115 Å². The number of nitrogens with zero attached hydrogens (tertiary/aromatic N) is 2. The molecule has 102 valence electrons. The number of hydrogen-bond acceptors (Lipinski definition) is 4. The fourth-order valence-electron chi connectivity index (χ4n) is 1.99. The Kier molecular flexibility index (Phi) is 7.32. The van der Waals surface area contributed by atoms with Crippen molar-refractivity contribution in [1.82, 2.24) is 15.2 Å². The first kappa shape index (κ1) is 15.5. The molecule has 0 radical (unpaired) electrons. The minimum Gasteiger partial charge on any atom is -0.316 e. The molecule has 1 aromatic heterocycles. The van der Waals surface area contributed by atoms with Crippen molar-refractivity contribution in [3.05, 3.63) is 29.6 Å². The van der Waals surface area contributed by atoms with Gasteiger partial charge in [0.25, 0.3) is 0 Å². The van der Waals surface area contributed by atoms with Gasteiger partial charge in [0.15, 0.2) is 0 Å². The number of aromatic nitrogens is 1. The summed E-state index contributed by atoms with van der Waals surface area (Å²) in [4.78, 5) is 6.93. The minimum absolute atomic E-state index is 0.638. The largest absolute Gasteiger partial charge is 0.316 e. The van der Waals surface area contributed by atoms with Crippen molar-refractivity contribution in [2.45, 2.75) is 32.5 Å². The molecule has 0 saturated carbocycles. The van der Waals surface area contributed by atoms with E-state index in [0.29, 0.717) is 6.04 Å². The lowest BCUT2D eigenvalue weighted by Crippen LogP contribution is -2.32. The second kappa shape index (κ2) is 8.51. The summed E-state index contributed by atoms with van der Waals surface area (Å²) in [7, 11) is 4.14. The highest BCUT2D eigenvalue weighted by Gasteiger charge is 2.12. The lowest BCUT2D eigenvalue weighted by Gasteiger charge is -2.26. The number of hydrogen-bond donors (Lipinski definition) is 1. The summed E-state index contributed by atoms with van der Waals surface area (Å²) in [5.41, 5.74) is 2.39. The van der Waals surface area contributed by atoms with Crippen LogP contribution in [0.1, 0.15) is 24.6 Å². The van der Waals surface area contributed by atoms with E-state index in [9.17, 15) is 0 Å². The zero-order chi connectivity index (χ0) is 13.4. The summed E-state index contributed by atoms with van der Waals surface area (Å²) in [6, 6.07) is 4.93. The highest BCUT2D eigenvalue weighted by Crippen LogP contribution is 2.11. The zero-order valence-corrected chi connectivity index (χ0v) is 12.8. The van der Waals surface area contributed by atoms with Gasteiger partial charge in [-0.1, -0.05) is 13.0 Å². The predicted octanol–water partition coefficient (Wildman–Crippen LogP) is 2.37. The predicted molar refractivity (Wildman–Crippen MR) is 80.9 cm³/mol. The van der Waals surface area contributed by atoms with Crippen molar-refractivity contribution in [2.75, 3.05) is 26.1 Å². The van der Waals surface area contributed by atoms with E-state index in [1.54, 1.807) is 0 Å². The second-order valence-electron chi connectivity index (χ2n) is 4.62. The molecule has 0 aliphatic rings. The van der Waals surface area contributed by atoms with Crippen LogP contribution in [0.4, 0.5) is 0 Å². The van der Waals surface area contributed by atoms with E-state index in [1.807, 2.05) is 25.0 Å². The van der Waals surface area contributed by atoms with Gasteiger partial charge in [-0.15, -0.1) is 0 Å². The van der Waals surface area contributed by atoms with Gasteiger partial charge in [0.05, 0.1) is 5.69 Å². The van der Waals surface area contributed by atoms with Crippen LogP contribution in [0.5, 0.6) is 0 Å². The SMILES string of the molecule is CCC(CSC)N(C)Cc1ccc(CNC)cn1. The molecular weight excluding hydrogens is 242 g/mol. The molecule has 0 aliphatic heterocycles. The number of pyridine rings is 1. The number of thioether (sulfide) groups is 1. The zero-order valence-electron chi connectivity index (χ0n) is 11.9. The molecule has 4 heteroatoms. The summed E-state index contributed by atoms with van der Waals surface area (Å²) in [5, 5.41) is 3.14. The topological polar surface area (TPSA) is 28.2 Å². The van der Waals surface area contributed by atoms with Gasteiger partial charge in [0.1, 0.15) is 0 Å². The number of nitrogens with one attached hydrogen (secondary N) is 1. The molecule has 1 unspecified atom stereocenters. The van der Waals surface area contributed by atoms with Gasteiger partial charge >= 0.3 is 0 Å². The Morgan fingerprint density at radius 3 is 2.72 bits per heavy atom. The van der Waals surface area contributed by atoms with Crippen molar-refractivity contribution < 1.29 is 0 Å². The first-order valence-corrected chi connectivity index (χ1v) is 7.88. The molecule has 0 fully saturated rings. The van der Waals surface area contributed by atoms with Crippen LogP contribution in [0.2, 0.25) is 0 Å². The molecule has 0 amide bonds. The monoisotopic (exact) mass is 267 g/mol. The van der Waals surface area contributed by atoms with E-state index in [1.165, 1.54) is 17.7 Å². The fraction of sp³-hybridized carbons (Fsp3) is 0.643. The van der Waals surface area contributed by atoms with Gasteiger partial charge in [0.2, 0.25) is 0 Å². The first-order chi connectivity index (χ1) is 8.71.